The highest BCUT2D eigenvalue weighted by Crippen LogP contribution is 2.22. The molecule has 0 saturated carbocycles. The molecule has 2 heteroatoms. The summed E-state index contributed by atoms with van der Waals surface area (Å²) in [6.07, 6.45) is -0.446. The van der Waals surface area contributed by atoms with Gasteiger partial charge in [-0.15, -0.1) is 0 Å². The second-order valence-corrected chi connectivity index (χ2v) is 5.45. The first kappa shape index (κ1) is 14.2. The van der Waals surface area contributed by atoms with Crippen molar-refractivity contribution in [3.05, 3.63) is 35.4 Å². The Bertz CT molecular complexity index is 329. The summed E-state index contributed by atoms with van der Waals surface area (Å²) >= 11 is 0. The normalized spacial score (nSPS) is 15.3. The number of nitrogens with one attached hydrogen (secondary N) is 1. The molecular formula is C15H25NO. The second-order valence-electron chi connectivity index (χ2n) is 5.45. The predicted molar refractivity (Wildman–Crippen MR) is 73.0 cm³/mol. The van der Waals surface area contributed by atoms with Crippen LogP contribution >= 0.6 is 0 Å². The molecule has 2 N–H and O–H groups in total. The van der Waals surface area contributed by atoms with Gasteiger partial charge in [-0.1, -0.05) is 57.5 Å². The van der Waals surface area contributed by atoms with E-state index in [0.717, 1.165) is 5.56 Å². The maximum absolute atomic E-state index is 10.4. The molecule has 0 saturated heterocycles. The molecule has 0 aliphatic carbocycles. The van der Waals surface area contributed by atoms with E-state index < -0.39 is 6.10 Å². The maximum Gasteiger partial charge on any atom is 0.0945 e. The van der Waals surface area contributed by atoms with Crippen LogP contribution in [0.3, 0.4) is 0 Å². The smallest absolute Gasteiger partial charge is 0.0945 e. The Labute approximate surface area is 105 Å². The van der Waals surface area contributed by atoms with Crippen molar-refractivity contribution in [1.29, 1.82) is 0 Å². The summed E-state index contributed by atoms with van der Waals surface area (Å²) in [6, 6.07) is 8.59. The first-order valence-corrected chi connectivity index (χ1v) is 6.42. The van der Waals surface area contributed by atoms with Crippen LogP contribution in [0.1, 0.15) is 44.9 Å². The molecule has 0 aromatic heterocycles. The van der Waals surface area contributed by atoms with E-state index in [1.165, 1.54) is 5.56 Å². The molecule has 0 radical (unpaired) electrons. The predicted octanol–water partition coefficient (Wildman–Crippen LogP) is 3.05. The van der Waals surface area contributed by atoms with Crippen LogP contribution in [0, 0.1) is 12.8 Å². The molecule has 0 aliphatic heterocycles. The van der Waals surface area contributed by atoms with Gasteiger partial charge in [0.1, 0.15) is 0 Å². The largest absolute Gasteiger partial charge is 0.387 e. The van der Waals surface area contributed by atoms with Crippen molar-refractivity contribution >= 4 is 0 Å². The number of aliphatic hydroxyl groups excluding tert-OH is 1. The van der Waals surface area contributed by atoms with Gasteiger partial charge in [-0.05, 0) is 18.4 Å². The molecule has 96 valence electrons. The lowest BCUT2D eigenvalue weighted by Crippen LogP contribution is -2.42. The van der Waals surface area contributed by atoms with Crippen molar-refractivity contribution in [1.82, 2.24) is 5.32 Å². The molecule has 0 heterocycles. The van der Waals surface area contributed by atoms with Crippen molar-refractivity contribution in [3.63, 3.8) is 0 Å². The van der Waals surface area contributed by atoms with Crippen LogP contribution in [0.2, 0.25) is 0 Å². The highest BCUT2D eigenvalue weighted by atomic mass is 16.3. The fraction of sp³-hybridized carbons (Fsp3) is 0.600. The molecule has 2 nitrogen and oxygen atoms in total. The molecular weight excluding hydrogens is 210 g/mol. The molecule has 2 atom stereocenters. The van der Waals surface area contributed by atoms with Crippen LogP contribution in [0.4, 0.5) is 0 Å². The average molecular weight is 235 g/mol. The van der Waals surface area contributed by atoms with Crippen molar-refractivity contribution in [2.45, 2.75) is 52.8 Å². The first-order valence-electron chi connectivity index (χ1n) is 6.42. The van der Waals surface area contributed by atoms with Crippen molar-refractivity contribution in [3.8, 4) is 0 Å². The summed E-state index contributed by atoms with van der Waals surface area (Å²) in [5, 5.41) is 13.9. The van der Waals surface area contributed by atoms with Crippen molar-refractivity contribution < 1.29 is 5.11 Å². The summed E-state index contributed by atoms with van der Waals surface area (Å²) in [4.78, 5) is 0. The average Bonchev–Trinajstić information content (AvgIpc) is 2.25. The second kappa shape index (κ2) is 6.18. The van der Waals surface area contributed by atoms with Crippen LogP contribution in [0.25, 0.3) is 0 Å². The van der Waals surface area contributed by atoms with E-state index in [1.54, 1.807) is 0 Å². The molecule has 17 heavy (non-hydrogen) atoms. The Morgan fingerprint density at radius 2 is 1.53 bits per heavy atom. The minimum Gasteiger partial charge on any atom is -0.387 e. The van der Waals surface area contributed by atoms with Gasteiger partial charge in [-0.2, -0.15) is 0 Å². The van der Waals surface area contributed by atoms with E-state index in [1.807, 2.05) is 24.3 Å². The molecule has 0 fully saturated rings. The van der Waals surface area contributed by atoms with Gasteiger partial charge in [-0.25, -0.2) is 0 Å². The number of benzene rings is 1. The molecule has 0 aliphatic rings. The fourth-order valence-corrected chi connectivity index (χ4v) is 2.00. The number of hydrogen-bond donors (Lipinski definition) is 2. The van der Waals surface area contributed by atoms with E-state index in [4.69, 9.17) is 0 Å². The SMILES string of the molecule is Cc1ccc(C(O)C(NC(C)C)C(C)C)cc1. The summed E-state index contributed by atoms with van der Waals surface area (Å²) in [7, 11) is 0. The molecule has 2 unspecified atom stereocenters. The monoisotopic (exact) mass is 235 g/mol. The van der Waals surface area contributed by atoms with Crippen LogP contribution in [0.15, 0.2) is 24.3 Å². The quantitative estimate of drug-likeness (QED) is 0.822. The standard InChI is InChI=1S/C15H25NO/c1-10(2)14(16-11(3)4)15(17)13-8-6-12(5)7-9-13/h6-11,14-17H,1-5H3. The van der Waals surface area contributed by atoms with Gasteiger partial charge in [0.05, 0.1) is 6.10 Å². The lowest BCUT2D eigenvalue weighted by Gasteiger charge is -2.29. The zero-order valence-corrected chi connectivity index (χ0v) is 11.6. The molecule has 0 spiro atoms. The van der Waals surface area contributed by atoms with Gasteiger partial charge >= 0.3 is 0 Å². The highest BCUT2D eigenvalue weighted by molar-refractivity contribution is 5.24. The maximum atomic E-state index is 10.4. The topological polar surface area (TPSA) is 32.3 Å². The Kier molecular flexibility index (Phi) is 5.16. The molecule has 1 rings (SSSR count). The van der Waals surface area contributed by atoms with Crippen LogP contribution in [0.5, 0.6) is 0 Å². The molecule has 0 amide bonds. The Hall–Kier alpha value is -0.860. The number of rotatable bonds is 5. The van der Waals surface area contributed by atoms with Crippen LogP contribution in [-0.4, -0.2) is 17.2 Å². The minimum atomic E-state index is -0.446. The van der Waals surface area contributed by atoms with E-state index in [2.05, 4.69) is 39.9 Å². The summed E-state index contributed by atoms with van der Waals surface area (Å²) < 4.78 is 0. The van der Waals surface area contributed by atoms with E-state index in [9.17, 15) is 5.11 Å². The van der Waals surface area contributed by atoms with Gasteiger partial charge in [0.15, 0.2) is 0 Å². The molecule has 1 aromatic rings. The molecule has 0 bridgehead atoms. The van der Waals surface area contributed by atoms with E-state index in [0.29, 0.717) is 12.0 Å². The third-order valence-electron chi connectivity index (χ3n) is 3.00. The lowest BCUT2D eigenvalue weighted by molar-refractivity contribution is 0.100. The summed E-state index contributed by atoms with van der Waals surface area (Å²) in [6.45, 7) is 10.5. The van der Waals surface area contributed by atoms with Crippen LogP contribution < -0.4 is 5.32 Å². The van der Waals surface area contributed by atoms with E-state index in [-0.39, 0.29) is 6.04 Å². The van der Waals surface area contributed by atoms with Gasteiger partial charge in [0.25, 0.3) is 0 Å². The third-order valence-corrected chi connectivity index (χ3v) is 3.00. The first-order chi connectivity index (χ1) is 7.91. The number of aryl methyl sites for hydroxylation is 1. The van der Waals surface area contributed by atoms with Gasteiger partial charge in [0.2, 0.25) is 0 Å². The minimum absolute atomic E-state index is 0.0951. The van der Waals surface area contributed by atoms with Gasteiger partial charge < -0.3 is 10.4 Å². The number of aliphatic hydroxyl groups is 1. The zero-order valence-electron chi connectivity index (χ0n) is 11.6. The number of hydrogen-bond acceptors (Lipinski definition) is 2. The van der Waals surface area contributed by atoms with Gasteiger partial charge in [0, 0.05) is 12.1 Å². The Morgan fingerprint density at radius 3 is 1.94 bits per heavy atom. The van der Waals surface area contributed by atoms with Crippen molar-refractivity contribution in [2.75, 3.05) is 0 Å². The summed E-state index contributed by atoms with van der Waals surface area (Å²) in [5.74, 6) is 0.397. The third kappa shape index (κ3) is 4.14. The fourth-order valence-electron chi connectivity index (χ4n) is 2.00. The zero-order chi connectivity index (χ0) is 13.0. The Balaban J connectivity index is 2.83. The molecule has 1 aromatic carbocycles. The van der Waals surface area contributed by atoms with Crippen molar-refractivity contribution in [2.24, 2.45) is 5.92 Å². The lowest BCUT2D eigenvalue weighted by atomic mass is 9.92. The highest BCUT2D eigenvalue weighted by Gasteiger charge is 2.24. The van der Waals surface area contributed by atoms with Gasteiger partial charge in [-0.3, -0.25) is 0 Å². The summed E-state index contributed by atoms with van der Waals surface area (Å²) in [5.41, 5.74) is 2.21. The Morgan fingerprint density at radius 1 is 1.00 bits per heavy atom. The van der Waals surface area contributed by atoms with E-state index >= 15 is 0 Å². The van der Waals surface area contributed by atoms with Crippen LogP contribution in [-0.2, 0) is 0 Å².